The van der Waals surface area contributed by atoms with E-state index in [0.717, 1.165) is 103 Å². The Balaban J connectivity index is 5.17. The predicted octanol–water partition coefficient (Wildman–Crippen LogP) is 22.6. The summed E-state index contributed by atoms with van der Waals surface area (Å²) in [5, 5.41) is 10.6. The van der Waals surface area contributed by atoms with Crippen molar-refractivity contribution in [2.75, 3.05) is 39.6 Å². The molecule has 2 unspecified atom stereocenters. The number of phosphoric acid groups is 2. The Morgan fingerprint density at radius 2 is 0.421 bits per heavy atom. The van der Waals surface area contributed by atoms with Crippen LogP contribution in [-0.4, -0.2) is 96.7 Å². The molecule has 5 atom stereocenters. The van der Waals surface area contributed by atoms with Crippen molar-refractivity contribution in [3.63, 3.8) is 0 Å². The maximum Gasteiger partial charge on any atom is 0.472 e. The van der Waals surface area contributed by atoms with Gasteiger partial charge in [0.05, 0.1) is 26.4 Å². The number of carbonyl (C=O) groups excluding carboxylic acids is 4. The van der Waals surface area contributed by atoms with Crippen molar-refractivity contribution in [3.05, 3.63) is 0 Å². The zero-order valence-electron chi connectivity index (χ0n) is 61.6. The molecule has 19 heteroatoms. The molecule has 0 aromatic rings. The number of aliphatic hydroxyl groups is 1. The smallest absolute Gasteiger partial charge is 0.462 e. The number of unbranched alkanes of at least 4 members (excludes halogenated alkanes) is 51. The van der Waals surface area contributed by atoms with E-state index in [1.807, 2.05) is 0 Å². The number of esters is 4. The maximum atomic E-state index is 13.1. The zero-order valence-corrected chi connectivity index (χ0v) is 63.4. The molecule has 0 aliphatic carbocycles. The molecule has 0 fully saturated rings. The first-order chi connectivity index (χ1) is 46.2. The average Bonchev–Trinajstić information content (AvgIpc) is 3.19. The largest absolute Gasteiger partial charge is 0.472 e. The topological polar surface area (TPSA) is 237 Å². The summed E-state index contributed by atoms with van der Waals surface area (Å²) in [6.45, 7) is 4.95. The summed E-state index contributed by atoms with van der Waals surface area (Å²) < 4.78 is 68.4. The van der Waals surface area contributed by atoms with Crippen molar-refractivity contribution in [2.24, 2.45) is 0 Å². The lowest BCUT2D eigenvalue weighted by molar-refractivity contribution is -0.161. The van der Waals surface area contributed by atoms with Gasteiger partial charge in [-0.2, -0.15) is 0 Å². The number of hydrogen-bond donors (Lipinski definition) is 3. The van der Waals surface area contributed by atoms with Gasteiger partial charge in [-0.15, -0.1) is 0 Å². The van der Waals surface area contributed by atoms with Crippen molar-refractivity contribution in [1.29, 1.82) is 0 Å². The Morgan fingerprint density at radius 1 is 0.253 bits per heavy atom. The minimum Gasteiger partial charge on any atom is -0.462 e. The van der Waals surface area contributed by atoms with Gasteiger partial charge in [-0.1, -0.05) is 355 Å². The van der Waals surface area contributed by atoms with Gasteiger partial charge in [0.15, 0.2) is 12.2 Å². The van der Waals surface area contributed by atoms with Crippen LogP contribution in [0.3, 0.4) is 0 Å². The van der Waals surface area contributed by atoms with Gasteiger partial charge in [-0.3, -0.25) is 37.3 Å². The molecule has 0 saturated carbocycles. The van der Waals surface area contributed by atoms with Gasteiger partial charge in [0.2, 0.25) is 0 Å². The molecule has 0 saturated heterocycles. The fraction of sp³-hybridized carbons (Fsp3) is 0.947. The Kier molecular flexibility index (Phi) is 69.1. The third kappa shape index (κ3) is 70.3. The maximum absolute atomic E-state index is 13.1. The highest BCUT2D eigenvalue weighted by Crippen LogP contribution is 2.45. The molecule has 3 N–H and O–H groups in total. The van der Waals surface area contributed by atoms with Gasteiger partial charge < -0.3 is 33.8 Å². The summed E-state index contributed by atoms with van der Waals surface area (Å²) in [5.41, 5.74) is 0. The fourth-order valence-electron chi connectivity index (χ4n) is 11.8. The van der Waals surface area contributed by atoms with E-state index < -0.39 is 97.5 Å². The van der Waals surface area contributed by atoms with Gasteiger partial charge in [0.25, 0.3) is 0 Å². The standard InChI is InChI=1S/C76H148O17P2/c1-5-9-13-17-21-24-27-30-33-34-35-36-37-38-41-44-47-51-55-59-63-76(81)93-72(67-87-74(79)61-57-53-49-45-42-39-31-28-25-22-18-14-10-6-2)69-91-95(84,85)89-65-70(77)64-88-94(82,83)90-68-71(66-86-73(78)60-56-52-48-20-16-12-8-4)92-75(80)62-58-54-50-46-43-40-32-29-26-23-19-15-11-7-3/h70-72,77H,5-69H2,1-4H3,(H,82,83)(H,84,85)/t70-,71+,72+/m0/s1. The third-order valence-corrected chi connectivity index (χ3v) is 19.8. The van der Waals surface area contributed by atoms with E-state index in [-0.39, 0.29) is 25.7 Å². The van der Waals surface area contributed by atoms with Crippen molar-refractivity contribution in [2.45, 2.75) is 425 Å². The van der Waals surface area contributed by atoms with Crippen LogP contribution in [0.5, 0.6) is 0 Å². The first-order valence-corrected chi connectivity index (χ1v) is 42.8. The number of rotatable bonds is 77. The predicted molar refractivity (Wildman–Crippen MR) is 386 cm³/mol. The van der Waals surface area contributed by atoms with Crippen LogP contribution in [0.4, 0.5) is 0 Å². The fourth-order valence-corrected chi connectivity index (χ4v) is 13.3. The van der Waals surface area contributed by atoms with E-state index in [9.17, 15) is 43.2 Å². The molecule has 564 valence electrons. The first-order valence-electron chi connectivity index (χ1n) is 39.8. The number of aliphatic hydroxyl groups excluding tert-OH is 1. The van der Waals surface area contributed by atoms with E-state index >= 15 is 0 Å². The Morgan fingerprint density at radius 3 is 0.621 bits per heavy atom. The molecule has 0 amide bonds. The molecular weight excluding hydrogens is 1250 g/mol. The SMILES string of the molecule is CCCCCCCCCCCCCCCCCCCCCCC(=O)O[C@H](COC(=O)CCCCCCCCCCCCCCCC)COP(=O)(O)OC[C@@H](O)COP(=O)(O)OC[C@@H](COC(=O)CCCCCCCCC)OC(=O)CCCCCCCCCCCCCCCC. The van der Waals surface area contributed by atoms with Gasteiger partial charge in [-0.05, 0) is 25.7 Å². The summed E-state index contributed by atoms with van der Waals surface area (Å²) in [6, 6.07) is 0. The average molecular weight is 1400 g/mol. The zero-order chi connectivity index (χ0) is 69.7. The number of ether oxygens (including phenoxy) is 4. The van der Waals surface area contributed by atoms with Crippen LogP contribution in [0, 0.1) is 0 Å². The lowest BCUT2D eigenvalue weighted by Gasteiger charge is -2.21. The summed E-state index contributed by atoms with van der Waals surface area (Å²) >= 11 is 0. The molecule has 0 radical (unpaired) electrons. The minimum atomic E-state index is -4.95. The summed E-state index contributed by atoms with van der Waals surface area (Å²) in [7, 11) is -9.90. The van der Waals surface area contributed by atoms with Crippen molar-refractivity contribution in [3.8, 4) is 0 Å². The van der Waals surface area contributed by atoms with Crippen LogP contribution in [0.15, 0.2) is 0 Å². The summed E-state index contributed by atoms with van der Waals surface area (Å²) in [4.78, 5) is 72.7. The van der Waals surface area contributed by atoms with Gasteiger partial charge in [0, 0.05) is 25.7 Å². The quantitative estimate of drug-likeness (QED) is 0.0222. The summed E-state index contributed by atoms with van der Waals surface area (Å²) in [5.74, 6) is -2.12. The van der Waals surface area contributed by atoms with Crippen LogP contribution in [-0.2, 0) is 65.4 Å². The molecular formula is C76H148O17P2. The van der Waals surface area contributed by atoms with Crippen molar-refractivity contribution >= 4 is 39.5 Å². The second kappa shape index (κ2) is 70.5. The van der Waals surface area contributed by atoms with Crippen molar-refractivity contribution in [1.82, 2.24) is 0 Å². The molecule has 0 aromatic heterocycles. The van der Waals surface area contributed by atoms with E-state index in [4.69, 9.17) is 37.0 Å². The van der Waals surface area contributed by atoms with E-state index in [2.05, 4.69) is 27.7 Å². The van der Waals surface area contributed by atoms with Gasteiger partial charge in [-0.25, -0.2) is 9.13 Å². The lowest BCUT2D eigenvalue weighted by atomic mass is 10.0. The molecule has 0 heterocycles. The summed E-state index contributed by atoms with van der Waals surface area (Å²) in [6.07, 6.45) is 61.1. The second-order valence-corrected chi connectivity index (χ2v) is 30.3. The first kappa shape index (κ1) is 93.1. The molecule has 0 rings (SSSR count). The highest BCUT2D eigenvalue weighted by atomic mass is 31.2. The van der Waals surface area contributed by atoms with Crippen LogP contribution in [0.2, 0.25) is 0 Å². The molecule has 0 bridgehead atoms. The molecule has 0 aliphatic rings. The van der Waals surface area contributed by atoms with Crippen LogP contribution in [0.25, 0.3) is 0 Å². The number of hydrogen-bond acceptors (Lipinski definition) is 15. The van der Waals surface area contributed by atoms with Crippen molar-refractivity contribution < 1.29 is 80.2 Å². The number of carbonyl (C=O) groups is 4. The van der Waals surface area contributed by atoms with Crippen LogP contribution >= 0.6 is 15.6 Å². The highest BCUT2D eigenvalue weighted by molar-refractivity contribution is 7.47. The highest BCUT2D eigenvalue weighted by Gasteiger charge is 2.30. The van der Waals surface area contributed by atoms with E-state index in [1.165, 1.54) is 225 Å². The molecule has 17 nitrogen and oxygen atoms in total. The monoisotopic (exact) mass is 1400 g/mol. The second-order valence-electron chi connectivity index (χ2n) is 27.4. The third-order valence-electron chi connectivity index (χ3n) is 17.9. The van der Waals surface area contributed by atoms with E-state index in [1.54, 1.807) is 0 Å². The van der Waals surface area contributed by atoms with Crippen LogP contribution in [0.1, 0.15) is 407 Å². The Bertz CT molecular complexity index is 1810. The van der Waals surface area contributed by atoms with E-state index in [0.29, 0.717) is 25.7 Å². The Hall–Kier alpha value is -1.94. The normalized spacial score (nSPS) is 13.9. The van der Waals surface area contributed by atoms with Crippen LogP contribution < -0.4 is 0 Å². The Labute approximate surface area is 581 Å². The molecule has 0 spiro atoms. The molecule has 95 heavy (non-hydrogen) atoms. The molecule has 0 aliphatic heterocycles. The number of phosphoric ester groups is 2. The van der Waals surface area contributed by atoms with Gasteiger partial charge in [0.1, 0.15) is 19.3 Å². The van der Waals surface area contributed by atoms with Gasteiger partial charge >= 0.3 is 39.5 Å². The minimum absolute atomic E-state index is 0.108. The lowest BCUT2D eigenvalue weighted by Crippen LogP contribution is -2.30. The molecule has 0 aromatic carbocycles.